The van der Waals surface area contributed by atoms with Crippen molar-refractivity contribution in [1.82, 2.24) is 5.32 Å². The zero-order valence-corrected chi connectivity index (χ0v) is 13.7. The van der Waals surface area contributed by atoms with Gasteiger partial charge in [0, 0.05) is 0 Å². The number of hydrogen-bond acceptors (Lipinski definition) is 2. The van der Waals surface area contributed by atoms with E-state index in [1.54, 1.807) is 0 Å². The molecule has 0 radical (unpaired) electrons. The molecule has 2 heteroatoms. The zero-order valence-electron chi connectivity index (χ0n) is 13.7. The first-order chi connectivity index (χ1) is 9.84. The Kier molecular flexibility index (Phi) is 11.4. The zero-order chi connectivity index (χ0) is 14.5. The van der Waals surface area contributed by atoms with Crippen LogP contribution in [0, 0.1) is 5.92 Å². The molecular formula is C18H37NO. The van der Waals surface area contributed by atoms with Crippen LogP contribution in [0.4, 0.5) is 0 Å². The average Bonchev–Trinajstić information content (AvgIpc) is 2.50. The molecule has 20 heavy (non-hydrogen) atoms. The first-order valence-corrected chi connectivity index (χ1v) is 9.23. The molecule has 1 unspecified atom stereocenters. The van der Waals surface area contributed by atoms with Gasteiger partial charge in [0.05, 0.1) is 6.10 Å². The molecule has 0 aromatic carbocycles. The van der Waals surface area contributed by atoms with Crippen LogP contribution in [0.3, 0.4) is 0 Å². The molecule has 0 aromatic rings. The van der Waals surface area contributed by atoms with Gasteiger partial charge in [-0.2, -0.15) is 0 Å². The highest BCUT2D eigenvalue weighted by Gasteiger charge is 2.20. The number of nitrogens with one attached hydrogen (secondary N) is 1. The summed E-state index contributed by atoms with van der Waals surface area (Å²) in [5.41, 5.74) is 0. The van der Waals surface area contributed by atoms with Gasteiger partial charge in [-0.05, 0) is 38.3 Å². The van der Waals surface area contributed by atoms with E-state index in [4.69, 9.17) is 0 Å². The Bertz CT molecular complexity index is 202. The van der Waals surface area contributed by atoms with Gasteiger partial charge in [0.2, 0.25) is 0 Å². The molecule has 0 saturated carbocycles. The minimum atomic E-state index is -0.0360. The lowest BCUT2D eigenvalue weighted by Crippen LogP contribution is -2.34. The number of aliphatic hydroxyl groups is 1. The van der Waals surface area contributed by atoms with E-state index in [1.807, 2.05) is 0 Å². The fourth-order valence-corrected chi connectivity index (χ4v) is 3.31. The van der Waals surface area contributed by atoms with Crippen molar-refractivity contribution in [1.29, 1.82) is 0 Å². The molecule has 120 valence electrons. The highest BCUT2D eigenvalue weighted by Crippen LogP contribution is 2.21. The monoisotopic (exact) mass is 283 g/mol. The standard InChI is InChI=1S/C18H37NO/c1-2-3-4-5-6-7-8-9-10-11-12-18(20)17-13-15-19-16-14-17/h17-20H,2-16H2,1H3. The predicted molar refractivity (Wildman–Crippen MR) is 88.1 cm³/mol. The number of hydrogen-bond donors (Lipinski definition) is 2. The SMILES string of the molecule is CCCCCCCCCCCCC(O)C1CCNCC1. The largest absolute Gasteiger partial charge is 0.393 e. The molecule has 2 nitrogen and oxygen atoms in total. The Labute approximate surface area is 126 Å². The lowest BCUT2D eigenvalue weighted by Gasteiger charge is -2.27. The van der Waals surface area contributed by atoms with Crippen molar-refractivity contribution < 1.29 is 5.11 Å². The summed E-state index contributed by atoms with van der Waals surface area (Å²) in [6, 6.07) is 0. The third kappa shape index (κ3) is 8.97. The Morgan fingerprint density at radius 1 is 0.850 bits per heavy atom. The molecule has 0 aromatic heterocycles. The second kappa shape index (κ2) is 12.6. The Hall–Kier alpha value is -0.0800. The second-order valence-electron chi connectivity index (χ2n) is 6.63. The first kappa shape index (κ1) is 18.0. The maximum absolute atomic E-state index is 10.2. The number of unbranched alkanes of at least 4 members (excludes halogenated alkanes) is 9. The maximum Gasteiger partial charge on any atom is 0.0569 e. The molecule has 0 bridgehead atoms. The number of piperidine rings is 1. The van der Waals surface area contributed by atoms with Gasteiger partial charge in [0.1, 0.15) is 0 Å². The second-order valence-corrected chi connectivity index (χ2v) is 6.63. The average molecular weight is 284 g/mol. The van der Waals surface area contributed by atoms with Crippen LogP contribution >= 0.6 is 0 Å². The van der Waals surface area contributed by atoms with Crippen molar-refractivity contribution in [2.24, 2.45) is 5.92 Å². The van der Waals surface area contributed by atoms with Crippen molar-refractivity contribution in [3.05, 3.63) is 0 Å². The third-order valence-electron chi connectivity index (χ3n) is 4.78. The Morgan fingerprint density at radius 2 is 1.35 bits per heavy atom. The smallest absolute Gasteiger partial charge is 0.0569 e. The summed E-state index contributed by atoms with van der Waals surface area (Å²) >= 11 is 0. The molecule has 1 aliphatic rings. The van der Waals surface area contributed by atoms with Gasteiger partial charge in [-0.15, -0.1) is 0 Å². The van der Waals surface area contributed by atoms with Gasteiger partial charge in [0.25, 0.3) is 0 Å². The van der Waals surface area contributed by atoms with Crippen LogP contribution in [-0.2, 0) is 0 Å². The minimum absolute atomic E-state index is 0.0360. The van der Waals surface area contributed by atoms with Crippen LogP contribution in [0.1, 0.15) is 90.4 Å². The summed E-state index contributed by atoms with van der Waals surface area (Å²) in [4.78, 5) is 0. The molecule has 1 fully saturated rings. The Morgan fingerprint density at radius 3 is 1.90 bits per heavy atom. The lowest BCUT2D eigenvalue weighted by atomic mass is 9.89. The topological polar surface area (TPSA) is 32.3 Å². The van der Waals surface area contributed by atoms with E-state index in [2.05, 4.69) is 12.2 Å². The molecule has 1 aliphatic heterocycles. The highest BCUT2D eigenvalue weighted by atomic mass is 16.3. The molecule has 0 amide bonds. The van der Waals surface area contributed by atoms with E-state index in [1.165, 1.54) is 77.0 Å². The van der Waals surface area contributed by atoms with Crippen molar-refractivity contribution >= 4 is 0 Å². The molecule has 1 atom stereocenters. The highest BCUT2D eigenvalue weighted by molar-refractivity contribution is 4.75. The summed E-state index contributed by atoms with van der Waals surface area (Å²) in [5, 5.41) is 13.5. The van der Waals surface area contributed by atoms with Crippen molar-refractivity contribution in [3.63, 3.8) is 0 Å². The summed E-state index contributed by atoms with van der Waals surface area (Å²) < 4.78 is 0. The minimum Gasteiger partial charge on any atom is -0.393 e. The van der Waals surface area contributed by atoms with Gasteiger partial charge in [-0.3, -0.25) is 0 Å². The Balaban J connectivity index is 1.82. The molecule has 1 saturated heterocycles. The number of aliphatic hydroxyl groups excluding tert-OH is 1. The van der Waals surface area contributed by atoms with E-state index in [0.717, 1.165) is 19.5 Å². The van der Waals surface area contributed by atoms with Gasteiger partial charge in [0.15, 0.2) is 0 Å². The normalized spacial score (nSPS) is 18.3. The van der Waals surface area contributed by atoms with Crippen LogP contribution in [-0.4, -0.2) is 24.3 Å². The fourth-order valence-electron chi connectivity index (χ4n) is 3.31. The molecule has 0 spiro atoms. The van der Waals surface area contributed by atoms with E-state index in [0.29, 0.717) is 5.92 Å². The van der Waals surface area contributed by atoms with Crippen LogP contribution in [0.5, 0.6) is 0 Å². The summed E-state index contributed by atoms with van der Waals surface area (Å²) in [7, 11) is 0. The van der Waals surface area contributed by atoms with Gasteiger partial charge >= 0.3 is 0 Å². The van der Waals surface area contributed by atoms with Gasteiger partial charge < -0.3 is 10.4 Å². The van der Waals surface area contributed by atoms with Crippen LogP contribution in [0.15, 0.2) is 0 Å². The van der Waals surface area contributed by atoms with Crippen LogP contribution in [0.25, 0.3) is 0 Å². The maximum atomic E-state index is 10.2. The molecule has 0 aliphatic carbocycles. The third-order valence-corrected chi connectivity index (χ3v) is 4.78. The molecule has 1 heterocycles. The number of rotatable bonds is 12. The summed E-state index contributed by atoms with van der Waals surface area (Å²) in [6.45, 7) is 4.47. The van der Waals surface area contributed by atoms with Crippen molar-refractivity contribution in [2.45, 2.75) is 96.5 Å². The molecule has 2 N–H and O–H groups in total. The predicted octanol–water partition coefficient (Wildman–Crippen LogP) is 4.66. The van der Waals surface area contributed by atoms with E-state index < -0.39 is 0 Å². The molecular weight excluding hydrogens is 246 g/mol. The summed E-state index contributed by atoms with van der Waals surface area (Å²) in [5.74, 6) is 0.565. The molecule has 1 rings (SSSR count). The van der Waals surface area contributed by atoms with E-state index >= 15 is 0 Å². The fraction of sp³-hybridized carbons (Fsp3) is 1.00. The summed E-state index contributed by atoms with van der Waals surface area (Å²) in [6.07, 6.45) is 17.1. The van der Waals surface area contributed by atoms with Crippen molar-refractivity contribution in [3.8, 4) is 0 Å². The van der Waals surface area contributed by atoms with E-state index in [9.17, 15) is 5.11 Å². The lowest BCUT2D eigenvalue weighted by molar-refractivity contribution is 0.0785. The van der Waals surface area contributed by atoms with E-state index in [-0.39, 0.29) is 6.10 Å². The van der Waals surface area contributed by atoms with Crippen molar-refractivity contribution in [2.75, 3.05) is 13.1 Å². The van der Waals surface area contributed by atoms with Crippen LogP contribution in [0.2, 0.25) is 0 Å². The van der Waals surface area contributed by atoms with Gasteiger partial charge in [-0.25, -0.2) is 0 Å². The first-order valence-electron chi connectivity index (χ1n) is 9.23. The van der Waals surface area contributed by atoms with Gasteiger partial charge in [-0.1, -0.05) is 71.1 Å². The quantitative estimate of drug-likeness (QED) is 0.511. The van der Waals surface area contributed by atoms with Crippen LogP contribution < -0.4 is 5.32 Å².